The second kappa shape index (κ2) is 3.18. The first-order valence-corrected chi connectivity index (χ1v) is 6.86. The minimum absolute atomic E-state index is 0.0945. The highest BCUT2D eigenvalue weighted by molar-refractivity contribution is 7.91. The van der Waals surface area contributed by atoms with E-state index < -0.39 is 15.4 Å². The van der Waals surface area contributed by atoms with Crippen LogP contribution in [-0.4, -0.2) is 44.2 Å². The summed E-state index contributed by atoms with van der Waals surface area (Å²) in [4.78, 5) is 0. The molecule has 2 aliphatic heterocycles. The Bertz CT molecular complexity index is 327. The summed E-state index contributed by atoms with van der Waals surface area (Å²) in [5, 5.41) is 3.31. The summed E-state index contributed by atoms with van der Waals surface area (Å²) in [6, 6.07) is 0.309. The average molecular weight is 219 g/mol. The number of hydrogen-bond donors (Lipinski definition) is 1. The van der Waals surface area contributed by atoms with Gasteiger partial charge in [-0.05, 0) is 20.3 Å². The van der Waals surface area contributed by atoms with Gasteiger partial charge in [-0.2, -0.15) is 0 Å². The van der Waals surface area contributed by atoms with Gasteiger partial charge >= 0.3 is 0 Å². The van der Waals surface area contributed by atoms with Crippen LogP contribution in [0.3, 0.4) is 0 Å². The number of rotatable bonds is 0. The maximum Gasteiger partial charge on any atom is 0.153 e. The topological polar surface area (TPSA) is 55.4 Å². The fraction of sp³-hybridized carbons (Fsp3) is 1.00. The summed E-state index contributed by atoms with van der Waals surface area (Å²) in [6.07, 6.45) is 0.733. The highest BCUT2D eigenvalue weighted by Crippen LogP contribution is 2.31. The van der Waals surface area contributed by atoms with Crippen molar-refractivity contribution in [3.8, 4) is 0 Å². The third kappa shape index (κ3) is 1.81. The Kier molecular flexibility index (Phi) is 2.36. The summed E-state index contributed by atoms with van der Waals surface area (Å²) in [6.45, 7) is 4.71. The predicted octanol–water partition coefficient (Wildman–Crippen LogP) is -0.0595. The molecule has 0 bridgehead atoms. The fourth-order valence-electron chi connectivity index (χ4n) is 2.17. The third-order valence-corrected chi connectivity index (χ3v) is 5.03. The lowest BCUT2D eigenvalue weighted by Crippen LogP contribution is -2.57. The van der Waals surface area contributed by atoms with Gasteiger partial charge in [-0.25, -0.2) is 8.42 Å². The molecule has 4 nitrogen and oxygen atoms in total. The first-order chi connectivity index (χ1) is 6.43. The monoisotopic (exact) mass is 219 g/mol. The molecule has 0 aromatic rings. The van der Waals surface area contributed by atoms with E-state index in [9.17, 15) is 8.42 Å². The molecule has 2 saturated heterocycles. The summed E-state index contributed by atoms with van der Waals surface area (Å²) < 4.78 is 28.6. The van der Waals surface area contributed by atoms with Crippen LogP contribution in [0, 0.1) is 0 Å². The van der Waals surface area contributed by atoms with Crippen LogP contribution in [0.5, 0.6) is 0 Å². The van der Waals surface area contributed by atoms with Gasteiger partial charge in [0.25, 0.3) is 0 Å². The van der Waals surface area contributed by atoms with Crippen molar-refractivity contribution in [2.24, 2.45) is 0 Å². The average Bonchev–Trinajstić information content (AvgIpc) is 2.36. The number of morpholine rings is 1. The van der Waals surface area contributed by atoms with Crippen LogP contribution in [0.15, 0.2) is 0 Å². The standard InChI is InChI=1S/C9H17NO3S/c1-7-8(2)13-9(5-10-7)3-4-14(11,12)6-9/h7-8,10H,3-6H2,1-2H3. The summed E-state index contributed by atoms with van der Waals surface area (Å²) in [5.74, 6) is 0.458. The normalized spacial score (nSPS) is 47.0. The number of sulfone groups is 1. The molecule has 0 aromatic heterocycles. The van der Waals surface area contributed by atoms with Crippen molar-refractivity contribution in [1.29, 1.82) is 0 Å². The van der Waals surface area contributed by atoms with Gasteiger partial charge in [-0.1, -0.05) is 0 Å². The molecule has 3 unspecified atom stereocenters. The van der Waals surface area contributed by atoms with E-state index in [4.69, 9.17) is 4.74 Å². The van der Waals surface area contributed by atoms with Crippen molar-refractivity contribution in [3.63, 3.8) is 0 Å². The first-order valence-electron chi connectivity index (χ1n) is 5.04. The predicted molar refractivity (Wildman–Crippen MR) is 54.0 cm³/mol. The fourth-order valence-corrected chi connectivity index (χ4v) is 4.11. The number of nitrogens with one attached hydrogen (secondary N) is 1. The van der Waals surface area contributed by atoms with E-state index in [1.807, 2.05) is 6.92 Å². The van der Waals surface area contributed by atoms with Crippen LogP contribution < -0.4 is 5.32 Å². The van der Waals surface area contributed by atoms with Crippen LogP contribution >= 0.6 is 0 Å². The zero-order chi connectivity index (χ0) is 10.4. The minimum Gasteiger partial charge on any atom is -0.368 e. The quantitative estimate of drug-likeness (QED) is 0.620. The van der Waals surface area contributed by atoms with Crippen molar-refractivity contribution in [2.75, 3.05) is 18.1 Å². The van der Waals surface area contributed by atoms with Crippen molar-refractivity contribution in [3.05, 3.63) is 0 Å². The Balaban J connectivity index is 2.13. The van der Waals surface area contributed by atoms with E-state index in [-0.39, 0.29) is 17.6 Å². The molecule has 2 fully saturated rings. The highest BCUT2D eigenvalue weighted by atomic mass is 32.2. The zero-order valence-electron chi connectivity index (χ0n) is 8.62. The van der Waals surface area contributed by atoms with Crippen LogP contribution in [0.4, 0.5) is 0 Å². The maximum atomic E-state index is 11.4. The second-order valence-corrected chi connectivity index (χ2v) is 6.70. The molecular formula is C9H17NO3S. The second-order valence-electron chi connectivity index (χ2n) is 4.52. The summed E-state index contributed by atoms with van der Waals surface area (Å²) in [5.41, 5.74) is -0.440. The maximum absolute atomic E-state index is 11.4. The van der Waals surface area contributed by atoms with E-state index in [1.54, 1.807) is 0 Å². The van der Waals surface area contributed by atoms with Crippen LogP contribution in [-0.2, 0) is 14.6 Å². The Morgan fingerprint density at radius 1 is 1.43 bits per heavy atom. The van der Waals surface area contributed by atoms with Crippen molar-refractivity contribution < 1.29 is 13.2 Å². The lowest BCUT2D eigenvalue weighted by molar-refractivity contribution is -0.110. The molecular weight excluding hydrogens is 202 g/mol. The lowest BCUT2D eigenvalue weighted by atomic mass is 9.99. The van der Waals surface area contributed by atoms with E-state index in [1.165, 1.54) is 0 Å². The SMILES string of the molecule is CC1NCC2(CCS(=O)(=O)C2)OC1C. The molecule has 1 spiro atoms. The molecule has 2 aliphatic rings. The molecule has 82 valence electrons. The molecule has 0 aromatic carbocycles. The zero-order valence-corrected chi connectivity index (χ0v) is 9.43. The van der Waals surface area contributed by atoms with Gasteiger partial charge in [-0.15, -0.1) is 0 Å². The molecule has 0 saturated carbocycles. The Hall–Kier alpha value is -0.130. The molecule has 2 rings (SSSR count). The minimum atomic E-state index is -2.86. The largest absolute Gasteiger partial charge is 0.368 e. The molecule has 0 aliphatic carbocycles. The van der Waals surface area contributed by atoms with E-state index in [0.717, 1.165) is 0 Å². The van der Waals surface area contributed by atoms with E-state index in [2.05, 4.69) is 12.2 Å². The molecule has 0 radical (unpaired) electrons. The van der Waals surface area contributed by atoms with E-state index in [0.29, 0.717) is 19.0 Å². The van der Waals surface area contributed by atoms with Crippen molar-refractivity contribution in [2.45, 2.75) is 38.0 Å². The molecule has 0 amide bonds. The molecule has 14 heavy (non-hydrogen) atoms. The van der Waals surface area contributed by atoms with Crippen LogP contribution in [0.1, 0.15) is 20.3 Å². The van der Waals surface area contributed by atoms with E-state index >= 15 is 0 Å². The summed E-state index contributed by atoms with van der Waals surface area (Å²) >= 11 is 0. The van der Waals surface area contributed by atoms with Gasteiger partial charge in [-0.3, -0.25) is 0 Å². The Morgan fingerprint density at radius 2 is 2.14 bits per heavy atom. The van der Waals surface area contributed by atoms with Crippen LogP contribution in [0.25, 0.3) is 0 Å². The first kappa shape index (κ1) is 10.4. The third-order valence-electron chi connectivity index (χ3n) is 3.24. The Morgan fingerprint density at radius 3 is 2.64 bits per heavy atom. The van der Waals surface area contributed by atoms with Gasteiger partial charge in [0.15, 0.2) is 9.84 Å². The number of ether oxygens (including phenoxy) is 1. The van der Waals surface area contributed by atoms with Gasteiger partial charge in [0, 0.05) is 12.6 Å². The molecule has 3 atom stereocenters. The number of hydrogen-bond acceptors (Lipinski definition) is 4. The molecule has 1 N–H and O–H groups in total. The summed E-state index contributed by atoms with van der Waals surface area (Å²) in [7, 11) is -2.86. The lowest BCUT2D eigenvalue weighted by Gasteiger charge is -2.40. The van der Waals surface area contributed by atoms with Gasteiger partial charge in [0.2, 0.25) is 0 Å². The van der Waals surface area contributed by atoms with Gasteiger partial charge < -0.3 is 10.1 Å². The Labute approximate surface area is 84.9 Å². The molecule has 5 heteroatoms. The molecule has 2 heterocycles. The van der Waals surface area contributed by atoms with Gasteiger partial charge in [0.05, 0.1) is 23.2 Å². The van der Waals surface area contributed by atoms with Crippen molar-refractivity contribution >= 4 is 9.84 Å². The highest BCUT2D eigenvalue weighted by Gasteiger charge is 2.47. The smallest absolute Gasteiger partial charge is 0.153 e. The van der Waals surface area contributed by atoms with Gasteiger partial charge in [0.1, 0.15) is 0 Å². The van der Waals surface area contributed by atoms with Crippen molar-refractivity contribution in [1.82, 2.24) is 5.32 Å². The van der Waals surface area contributed by atoms with Crippen LogP contribution in [0.2, 0.25) is 0 Å².